The maximum absolute atomic E-state index is 13.1. The van der Waals surface area contributed by atoms with Crippen molar-refractivity contribution >= 4 is 20.9 Å². The molecule has 184 valence electrons. The number of hydrogen-bond acceptors (Lipinski definition) is 4. The molecule has 2 heterocycles. The van der Waals surface area contributed by atoms with Gasteiger partial charge in [-0.1, -0.05) is 25.1 Å². The Morgan fingerprint density at radius 3 is 2.09 bits per heavy atom. The number of benzene rings is 2. The van der Waals surface area contributed by atoms with Crippen LogP contribution in [0.4, 0.5) is 26.3 Å². The molecule has 0 fully saturated rings. The van der Waals surface area contributed by atoms with Crippen LogP contribution in [-0.4, -0.2) is 28.7 Å². The molecule has 0 unspecified atom stereocenters. The molecule has 0 spiro atoms. The third-order valence-electron chi connectivity index (χ3n) is 5.54. The van der Waals surface area contributed by atoms with E-state index in [1.54, 1.807) is 0 Å². The SMILES string of the molecule is CCS(=O)(=O)c1cc(-c2ccc(C(F)(F)F)cc2)ccc1-c1nc2cc(C(F)(F)F)ncc2n1C. The van der Waals surface area contributed by atoms with E-state index < -0.39 is 33.4 Å². The summed E-state index contributed by atoms with van der Waals surface area (Å²) in [5, 5.41) is 0. The van der Waals surface area contributed by atoms with Gasteiger partial charge >= 0.3 is 12.4 Å². The Kier molecular flexibility index (Phi) is 5.90. The van der Waals surface area contributed by atoms with Crippen molar-refractivity contribution < 1.29 is 34.8 Å². The Hall–Kier alpha value is -3.41. The molecule has 12 heteroatoms. The van der Waals surface area contributed by atoms with E-state index >= 15 is 0 Å². The molecule has 2 aromatic carbocycles. The average molecular weight is 513 g/mol. The molecule has 4 aromatic rings. The number of imidazole rings is 1. The van der Waals surface area contributed by atoms with Gasteiger partial charge in [0, 0.05) is 12.6 Å². The fourth-order valence-corrected chi connectivity index (χ4v) is 4.75. The number of aryl methyl sites for hydroxylation is 1. The number of fused-ring (bicyclic) bond motifs is 1. The van der Waals surface area contributed by atoms with E-state index in [0.29, 0.717) is 11.1 Å². The lowest BCUT2D eigenvalue weighted by molar-refractivity contribution is -0.141. The van der Waals surface area contributed by atoms with Gasteiger partial charge in [-0.15, -0.1) is 0 Å². The van der Waals surface area contributed by atoms with Crippen LogP contribution < -0.4 is 0 Å². The van der Waals surface area contributed by atoms with Gasteiger partial charge in [-0.25, -0.2) is 18.4 Å². The molecule has 0 saturated carbocycles. The molecule has 0 bridgehead atoms. The van der Waals surface area contributed by atoms with Crippen molar-refractivity contribution in [2.24, 2.45) is 7.05 Å². The Bertz CT molecular complexity index is 1520. The zero-order valence-corrected chi connectivity index (χ0v) is 19.1. The molecule has 0 aliphatic carbocycles. The predicted octanol–water partition coefficient (Wildman–Crippen LogP) is 6.13. The molecule has 35 heavy (non-hydrogen) atoms. The normalized spacial score (nSPS) is 12.9. The van der Waals surface area contributed by atoms with E-state index in [1.165, 1.54) is 48.9 Å². The summed E-state index contributed by atoms with van der Waals surface area (Å²) >= 11 is 0. The van der Waals surface area contributed by atoms with Crippen LogP contribution in [0.3, 0.4) is 0 Å². The van der Waals surface area contributed by atoms with Crippen LogP contribution in [-0.2, 0) is 29.2 Å². The maximum Gasteiger partial charge on any atom is 0.433 e. The molecule has 0 aliphatic heterocycles. The Morgan fingerprint density at radius 2 is 1.51 bits per heavy atom. The van der Waals surface area contributed by atoms with Crippen LogP contribution in [0.25, 0.3) is 33.5 Å². The van der Waals surface area contributed by atoms with Crippen molar-refractivity contribution in [3.05, 3.63) is 66.0 Å². The summed E-state index contributed by atoms with van der Waals surface area (Å²) in [6.07, 6.45) is -8.18. The molecule has 2 aromatic heterocycles. The fourth-order valence-electron chi connectivity index (χ4n) is 3.64. The lowest BCUT2D eigenvalue weighted by atomic mass is 10.0. The summed E-state index contributed by atoms with van der Waals surface area (Å²) in [5.74, 6) is -0.174. The average Bonchev–Trinajstić information content (AvgIpc) is 3.13. The second-order valence-electron chi connectivity index (χ2n) is 7.74. The first kappa shape index (κ1) is 24.7. The van der Waals surface area contributed by atoms with Gasteiger partial charge in [-0.2, -0.15) is 26.3 Å². The molecule has 4 rings (SSSR count). The van der Waals surface area contributed by atoms with Crippen LogP contribution in [0.5, 0.6) is 0 Å². The van der Waals surface area contributed by atoms with E-state index in [4.69, 9.17) is 0 Å². The van der Waals surface area contributed by atoms with Crippen molar-refractivity contribution in [3.8, 4) is 22.5 Å². The summed E-state index contributed by atoms with van der Waals surface area (Å²) in [6, 6.07) is 9.33. The second kappa shape index (κ2) is 8.36. The Balaban J connectivity index is 1.88. The first-order valence-electron chi connectivity index (χ1n) is 10.2. The monoisotopic (exact) mass is 513 g/mol. The highest BCUT2D eigenvalue weighted by Gasteiger charge is 2.33. The highest BCUT2D eigenvalue weighted by Crippen LogP contribution is 2.36. The van der Waals surface area contributed by atoms with Crippen LogP contribution >= 0.6 is 0 Å². The minimum Gasteiger partial charge on any atom is -0.326 e. The van der Waals surface area contributed by atoms with E-state index in [1.807, 2.05) is 0 Å². The molecular weight excluding hydrogens is 496 g/mol. The topological polar surface area (TPSA) is 64.8 Å². The molecule has 0 atom stereocenters. The third kappa shape index (κ3) is 4.62. The maximum atomic E-state index is 13.1. The van der Waals surface area contributed by atoms with Crippen molar-refractivity contribution in [2.75, 3.05) is 5.75 Å². The number of aromatic nitrogens is 3. The fraction of sp³-hybridized carbons (Fsp3) is 0.217. The first-order chi connectivity index (χ1) is 16.2. The lowest BCUT2D eigenvalue weighted by Gasteiger charge is -2.13. The standard InChI is InChI=1S/C23H17F6N3O2S/c1-3-35(33,34)19-10-14(13-4-7-15(8-5-13)22(24,25)26)6-9-16(19)21-31-17-11-20(23(27,28)29)30-12-18(17)32(21)2/h4-12H,3H2,1-2H3. The van der Waals surface area contributed by atoms with Gasteiger partial charge in [-0.05, 0) is 41.5 Å². The number of alkyl halides is 6. The number of pyridine rings is 1. The van der Waals surface area contributed by atoms with Gasteiger partial charge in [-0.3, -0.25) is 0 Å². The summed E-state index contributed by atoms with van der Waals surface area (Å²) in [7, 11) is -2.33. The molecule has 0 radical (unpaired) electrons. The lowest BCUT2D eigenvalue weighted by Crippen LogP contribution is -2.08. The van der Waals surface area contributed by atoms with Gasteiger partial charge in [0.2, 0.25) is 0 Å². The number of halogens is 6. The van der Waals surface area contributed by atoms with Crippen molar-refractivity contribution in [1.82, 2.24) is 14.5 Å². The van der Waals surface area contributed by atoms with Gasteiger partial charge in [0.25, 0.3) is 0 Å². The zero-order chi connectivity index (χ0) is 25.8. The van der Waals surface area contributed by atoms with Crippen molar-refractivity contribution in [2.45, 2.75) is 24.2 Å². The van der Waals surface area contributed by atoms with Gasteiger partial charge in [0.15, 0.2) is 9.84 Å². The van der Waals surface area contributed by atoms with E-state index in [0.717, 1.165) is 24.4 Å². The summed E-state index contributed by atoms with van der Waals surface area (Å²) in [5.41, 5.74) is -0.860. The van der Waals surface area contributed by atoms with Crippen molar-refractivity contribution in [3.63, 3.8) is 0 Å². The van der Waals surface area contributed by atoms with Crippen molar-refractivity contribution in [1.29, 1.82) is 0 Å². The third-order valence-corrected chi connectivity index (χ3v) is 7.31. The first-order valence-corrected chi connectivity index (χ1v) is 11.8. The largest absolute Gasteiger partial charge is 0.433 e. The zero-order valence-electron chi connectivity index (χ0n) is 18.2. The van der Waals surface area contributed by atoms with Crippen LogP contribution in [0.1, 0.15) is 18.2 Å². The van der Waals surface area contributed by atoms with E-state index in [-0.39, 0.29) is 33.1 Å². The summed E-state index contributed by atoms with van der Waals surface area (Å²) in [6.45, 7) is 1.43. The minimum absolute atomic E-state index is 0.0171. The summed E-state index contributed by atoms with van der Waals surface area (Å²) in [4.78, 5) is 7.53. The number of nitrogens with zero attached hydrogens (tertiary/aromatic N) is 3. The van der Waals surface area contributed by atoms with Crippen LogP contribution in [0.15, 0.2) is 59.6 Å². The van der Waals surface area contributed by atoms with Gasteiger partial charge in [0.1, 0.15) is 11.5 Å². The Labute approximate surface area is 196 Å². The Morgan fingerprint density at radius 1 is 0.886 bits per heavy atom. The molecular formula is C23H17F6N3O2S. The smallest absolute Gasteiger partial charge is 0.326 e. The highest BCUT2D eigenvalue weighted by atomic mass is 32.2. The van der Waals surface area contributed by atoms with E-state index in [9.17, 15) is 34.8 Å². The van der Waals surface area contributed by atoms with Gasteiger partial charge in [0.05, 0.1) is 33.4 Å². The number of hydrogen-bond donors (Lipinski definition) is 0. The minimum atomic E-state index is -4.67. The molecule has 0 saturated heterocycles. The molecule has 0 aliphatic rings. The number of rotatable bonds is 4. The molecule has 0 N–H and O–H groups in total. The second-order valence-corrected chi connectivity index (χ2v) is 9.99. The number of sulfone groups is 1. The predicted molar refractivity (Wildman–Crippen MR) is 117 cm³/mol. The van der Waals surface area contributed by atoms with Crippen LogP contribution in [0, 0.1) is 0 Å². The van der Waals surface area contributed by atoms with Crippen LogP contribution in [0.2, 0.25) is 0 Å². The quantitative estimate of drug-likeness (QED) is 0.308. The van der Waals surface area contributed by atoms with E-state index in [2.05, 4.69) is 9.97 Å². The van der Waals surface area contributed by atoms with Gasteiger partial charge < -0.3 is 4.57 Å². The molecule has 5 nitrogen and oxygen atoms in total. The molecule has 0 amide bonds. The summed E-state index contributed by atoms with van der Waals surface area (Å²) < 4.78 is 105. The highest BCUT2D eigenvalue weighted by molar-refractivity contribution is 7.91.